The van der Waals surface area contributed by atoms with Gasteiger partial charge in [-0.2, -0.15) is 0 Å². The van der Waals surface area contributed by atoms with Crippen LogP contribution in [0.5, 0.6) is 0 Å². The molecule has 0 atom stereocenters. The minimum absolute atomic E-state index is 0.0178. The third kappa shape index (κ3) is 3.62. The molecule has 0 aromatic heterocycles. The van der Waals surface area contributed by atoms with E-state index in [0.717, 1.165) is 18.2 Å². The average molecular weight is 292 g/mol. The van der Waals surface area contributed by atoms with Crippen LogP contribution in [0.4, 0.5) is 14.5 Å². The molecule has 3 nitrogen and oxygen atoms in total. The monoisotopic (exact) mass is 291 g/mol. The van der Waals surface area contributed by atoms with Crippen molar-refractivity contribution in [2.45, 2.75) is 0 Å². The zero-order valence-corrected chi connectivity index (χ0v) is 9.59. The third-order valence-electron chi connectivity index (χ3n) is 1.68. The Morgan fingerprint density at radius 1 is 1.44 bits per heavy atom. The molecule has 0 saturated heterocycles. The number of hydrogen-bond donors (Lipinski definition) is 2. The van der Waals surface area contributed by atoms with Crippen LogP contribution in [0.15, 0.2) is 28.8 Å². The van der Waals surface area contributed by atoms with E-state index in [0.29, 0.717) is 0 Å². The average Bonchev–Trinajstić information content (AvgIpc) is 2.19. The Hall–Kier alpha value is -1.43. The van der Waals surface area contributed by atoms with Crippen molar-refractivity contribution < 1.29 is 18.7 Å². The molecule has 0 heterocycles. The van der Waals surface area contributed by atoms with E-state index >= 15 is 0 Å². The Morgan fingerprint density at radius 2 is 2.12 bits per heavy atom. The lowest BCUT2D eigenvalue weighted by Gasteiger charge is -2.05. The first-order valence-corrected chi connectivity index (χ1v) is 5.08. The van der Waals surface area contributed by atoms with Crippen LogP contribution in [0.2, 0.25) is 0 Å². The Morgan fingerprint density at radius 3 is 2.75 bits per heavy atom. The lowest BCUT2D eigenvalue weighted by atomic mass is 10.3. The predicted octanol–water partition coefficient (Wildman–Crippen LogP) is 2.78. The minimum atomic E-state index is -1.09. The summed E-state index contributed by atoms with van der Waals surface area (Å²) in [6, 6.07) is 1.99. The molecule has 0 unspecified atom stereocenters. The van der Waals surface area contributed by atoms with Gasteiger partial charge in [0.15, 0.2) is 0 Å². The number of aliphatic carboxylic acids is 1. The second-order valence-electron chi connectivity index (χ2n) is 2.87. The highest BCUT2D eigenvalue weighted by Crippen LogP contribution is 2.23. The second kappa shape index (κ2) is 5.60. The normalized spacial score (nSPS) is 10.7. The van der Waals surface area contributed by atoms with Crippen LogP contribution < -0.4 is 5.32 Å². The van der Waals surface area contributed by atoms with Crippen molar-refractivity contribution in [1.29, 1.82) is 0 Å². The zero-order chi connectivity index (χ0) is 12.1. The quantitative estimate of drug-likeness (QED) is 0.662. The summed E-state index contributed by atoms with van der Waals surface area (Å²) in [6.45, 7) is 0.101. The van der Waals surface area contributed by atoms with Crippen LogP contribution in [0, 0.1) is 11.6 Å². The molecule has 1 aromatic carbocycles. The molecule has 86 valence electrons. The van der Waals surface area contributed by atoms with E-state index < -0.39 is 17.6 Å². The van der Waals surface area contributed by atoms with Crippen LogP contribution in [-0.4, -0.2) is 17.6 Å². The first kappa shape index (κ1) is 12.6. The zero-order valence-electron chi connectivity index (χ0n) is 8.01. The standard InChI is InChI=1S/C10H8BrF2NO2/c11-6-4-8(13)9(5-7(6)12)14-3-1-2-10(15)16/h1-2,4-5,14H,3H2,(H,15,16)/b2-1+. The third-order valence-corrected chi connectivity index (χ3v) is 2.29. The summed E-state index contributed by atoms with van der Waals surface area (Å²) in [5.74, 6) is -2.30. The van der Waals surface area contributed by atoms with Gasteiger partial charge in [0, 0.05) is 18.7 Å². The Bertz CT molecular complexity index is 435. The van der Waals surface area contributed by atoms with Gasteiger partial charge >= 0.3 is 5.97 Å². The first-order valence-electron chi connectivity index (χ1n) is 4.28. The van der Waals surface area contributed by atoms with Gasteiger partial charge < -0.3 is 10.4 Å². The number of benzene rings is 1. The van der Waals surface area contributed by atoms with Gasteiger partial charge in [-0.15, -0.1) is 0 Å². The predicted molar refractivity (Wildman–Crippen MR) is 59.3 cm³/mol. The van der Waals surface area contributed by atoms with Crippen molar-refractivity contribution in [3.63, 3.8) is 0 Å². The molecule has 0 radical (unpaired) electrons. The van der Waals surface area contributed by atoms with E-state index in [9.17, 15) is 13.6 Å². The maximum Gasteiger partial charge on any atom is 0.328 e. The van der Waals surface area contributed by atoms with Crippen molar-refractivity contribution >= 4 is 27.6 Å². The summed E-state index contributed by atoms with van der Waals surface area (Å²) < 4.78 is 26.3. The number of rotatable bonds is 4. The number of carbonyl (C=O) groups is 1. The van der Waals surface area contributed by atoms with E-state index in [4.69, 9.17) is 5.11 Å². The molecule has 16 heavy (non-hydrogen) atoms. The Balaban J connectivity index is 2.67. The molecule has 0 fully saturated rings. The lowest BCUT2D eigenvalue weighted by molar-refractivity contribution is -0.131. The van der Waals surface area contributed by atoms with E-state index in [1.165, 1.54) is 6.08 Å². The largest absolute Gasteiger partial charge is 0.478 e. The van der Waals surface area contributed by atoms with Crippen LogP contribution >= 0.6 is 15.9 Å². The Kier molecular flexibility index (Phi) is 4.42. The van der Waals surface area contributed by atoms with Crippen molar-refractivity contribution in [2.75, 3.05) is 11.9 Å². The summed E-state index contributed by atoms with van der Waals surface area (Å²) >= 11 is 2.85. The highest BCUT2D eigenvalue weighted by molar-refractivity contribution is 9.10. The first-order chi connectivity index (χ1) is 7.50. The van der Waals surface area contributed by atoms with Crippen molar-refractivity contribution in [3.8, 4) is 0 Å². The van der Waals surface area contributed by atoms with Gasteiger partial charge in [0.1, 0.15) is 11.6 Å². The molecular weight excluding hydrogens is 284 g/mol. The molecule has 0 aliphatic heterocycles. The van der Waals surface area contributed by atoms with Crippen molar-refractivity contribution in [1.82, 2.24) is 0 Å². The highest BCUT2D eigenvalue weighted by atomic mass is 79.9. The number of nitrogens with one attached hydrogen (secondary N) is 1. The maximum atomic E-state index is 13.2. The molecule has 1 aromatic rings. The van der Waals surface area contributed by atoms with Gasteiger partial charge in [0.2, 0.25) is 0 Å². The fourth-order valence-corrected chi connectivity index (χ4v) is 1.30. The van der Waals surface area contributed by atoms with Gasteiger partial charge in [0.05, 0.1) is 10.2 Å². The van der Waals surface area contributed by atoms with Crippen molar-refractivity contribution in [3.05, 3.63) is 40.4 Å². The molecule has 0 spiro atoms. The topological polar surface area (TPSA) is 49.3 Å². The van der Waals surface area contributed by atoms with Gasteiger partial charge in [0.25, 0.3) is 0 Å². The summed E-state index contributed by atoms with van der Waals surface area (Å²) in [5, 5.41) is 10.8. The van der Waals surface area contributed by atoms with Crippen LogP contribution in [-0.2, 0) is 4.79 Å². The molecule has 1 rings (SSSR count). The van der Waals surface area contributed by atoms with E-state index in [2.05, 4.69) is 21.2 Å². The smallest absolute Gasteiger partial charge is 0.328 e. The van der Waals surface area contributed by atoms with E-state index in [1.54, 1.807) is 0 Å². The minimum Gasteiger partial charge on any atom is -0.478 e. The SMILES string of the molecule is O=C(O)/C=C/CNc1cc(F)c(Br)cc1F. The highest BCUT2D eigenvalue weighted by Gasteiger charge is 2.06. The lowest BCUT2D eigenvalue weighted by Crippen LogP contribution is -2.02. The number of halogens is 3. The molecule has 0 aliphatic carbocycles. The second-order valence-corrected chi connectivity index (χ2v) is 3.72. The molecule has 0 aliphatic rings. The molecule has 0 saturated carbocycles. The van der Waals surface area contributed by atoms with Gasteiger partial charge in [-0.05, 0) is 22.0 Å². The maximum absolute atomic E-state index is 13.2. The Labute approximate surface area is 98.9 Å². The molecule has 2 N–H and O–H groups in total. The number of hydrogen-bond acceptors (Lipinski definition) is 2. The fourth-order valence-electron chi connectivity index (χ4n) is 0.987. The van der Waals surface area contributed by atoms with Crippen LogP contribution in [0.3, 0.4) is 0 Å². The molecule has 6 heteroatoms. The fraction of sp³-hybridized carbons (Fsp3) is 0.100. The number of carboxylic acid groups (broad SMARTS) is 1. The van der Waals surface area contributed by atoms with E-state index in [1.807, 2.05) is 0 Å². The van der Waals surface area contributed by atoms with Gasteiger partial charge in [-0.1, -0.05) is 6.08 Å². The van der Waals surface area contributed by atoms with Gasteiger partial charge in [-0.25, -0.2) is 13.6 Å². The van der Waals surface area contributed by atoms with E-state index in [-0.39, 0.29) is 16.7 Å². The van der Waals surface area contributed by atoms with Crippen LogP contribution in [0.25, 0.3) is 0 Å². The molecular formula is C10H8BrF2NO2. The van der Waals surface area contributed by atoms with Crippen molar-refractivity contribution in [2.24, 2.45) is 0 Å². The molecule has 0 amide bonds. The summed E-state index contributed by atoms with van der Waals surface area (Å²) in [7, 11) is 0. The number of carboxylic acids is 1. The van der Waals surface area contributed by atoms with Gasteiger partial charge in [-0.3, -0.25) is 0 Å². The number of anilines is 1. The molecule has 0 bridgehead atoms. The van der Waals surface area contributed by atoms with Crippen LogP contribution in [0.1, 0.15) is 0 Å². The summed E-state index contributed by atoms with van der Waals surface area (Å²) in [4.78, 5) is 10.1. The summed E-state index contributed by atoms with van der Waals surface area (Å²) in [6.07, 6.45) is 2.21. The summed E-state index contributed by atoms with van der Waals surface area (Å²) in [5.41, 5.74) is -0.0178.